The fourth-order valence-electron chi connectivity index (χ4n) is 6.20. The van der Waals surface area contributed by atoms with E-state index < -0.39 is 0 Å². The Morgan fingerprint density at radius 2 is 1.13 bits per heavy atom. The Morgan fingerprint density at radius 1 is 0.667 bits per heavy atom. The minimum atomic E-state index is -0.376. The van der Waals surface area contributed by atoms with Crippen LogP contribution in [0.5, 0.6) is 0 Å². The number of anilines is 1. The molecule has 11 nitrogen and oxygen atoms in total. The molecule has 2 fully saturated rings. The predicted octanol–water partition coefficient (Wildman–Crippen LogP) is 9.10. The Labute approximate surface area is 326 Å². The first-order valence-electron chi connectivity index (χ1n) is 18.0. The Hall–Kier alpha value is -4.88. The second-order valence-electron chi connectivity index (χ2n) is 12.7. The van der Waals surface area contributed by atoms with E-state index in [-0.39, 0.29) is 38.2 Å². The average Bonchev–Trinajstić information content (AvgIpc) is 3.85. The van der Waals surface area contributed by atoms with Crippen molar-refractivity contribution in [1.29, 1.82) is 0 Å². The van der Waals surface area contributed by atoms with E-state index in [1.54, 1.807) is 35.0 Å². The van der Waals surface area contributed by atoms with E-state index in [1.165, 1.54) is 16.2 Å². The predicted molar refractivity (Wildman–Crippen MR) is 212 cm³/mol. The maximum atomic E-state index is 12.3. The zero-order valence-electron chi connectivity index (χ0n) is 30.2. The summed E-state index contributed by atoms with van der Waals surface area (Å²) in [5.74, 6) is 0.0244. The van der Waals surface area contributed by atoms with Crippen molar-refractivity contribution in [2.75, 3.05) is 45.1 Å². The van der Waals surface area contributed by atoms with Crippen LogP contribution < -0.4 is 5.73 Å². The van der Waals surface area contributed by atoms with Crippen LogP contribution in [0.1, 0.15) is 100 Å². The lowest BCUT2D eigenvalue weighted by Crippen LogP contribution is -2.38. The summed E-state index contributed by atoms with van der Waals surface area (Å²) in [6.07, 6.45) is 2.86. The summed E-state index contributed by atoms with van der Waals surface area (Å²) >= 11 is 3.03. The molecule has 290 valence electrons. The molecule has 2 N–H and O–H groups in total. The molecule has 2 aliphatic rings. The summed E-state index contributed by atoms with van der Waals surface area (Å²) in [5, 5.41) is 2.35. The molecule has 54 heavy (non-hydrogen) atoms. The van der Waals surface area contributed by atoms with Gasteiger partial charge < -0.3 is 34.5 Å². The molecule has 2 saturated heterocycles. The highest BCUT2D eigenvalue weighted by atomic mass is 32.1. The first-order valence-corrected chi connectivity index (χ1v) is 19.7. The summed E-state index contributed by atoms with van der Waals surface area (Å²) in [6, 6.07) is 23.1. The van der Waals surface area contributed by atoms with Crippen molar-refractivity contribution in [2.24, 2.45) is 0 Å². The van der Waals surface area contributed by atoms with Crippen molar-refractivity contribution in [3.05, 3.63) is 110 Å². The molecule has 6 rings (SSSR count). The van der Waals surface area contributed by atoms with Gasteiger partial charge in [-0.1, -0.05) is 68.1 Å². The number of nitrogens with zero attached hydrogens (tertiary/aromatic N) is 2. The molecule has 0 radical (unpaired) electrons. The molecular formula is C41H51N3O8S2. The van der Waals surface area contributed by atoms with Gasteiger partial charge in [-0.25, -0.2) is 19.2 Å². The molecule has 2 aromatic carbocycles. The topological polar surface area (TPSA) is 138 Å². The number of nitrogen functional groups attached to an aromatic ring is 1. The quantitative estimate of drug-likeness (QED) is 0.123. The van der Waals surface area contributed by atoms with Gasteiger partial charge in [0, 0.05) is 41.3 Å². The molecule has 2 amide bonds. The number of carbonyl (C=O) groups is 4. The highest BCUT2D eigenvalue weighted by molar-refractivity contribution is 7.16. The van der Waals surface area contributed by atoms with Crippen LogP contribution in [0.15, 0.2) is 78.2 Å². The van der Waals surface area contributed by atoms with Crippen molar-refractivity contribution in [2.45, 2.75) is 72.0 Å². The number of carbonyl (C=O) groups excluding carboxylic acids is 4. The SMILES string of the molecule is C.CCOC(=O)c1cc(C2CCN(C(=O)OCc3ccccc3)CC2)sc1N.CCOC(=O)c1csc(C2CCN(C(=O)OCc3ccccc3)CC2)c1. The van der Waals surface area contributed by atoms with Crippen LogP contribution in [-0.4, -0.2) is 73.3 Å². The van der Waals surface area contributed by atoms with Crippen molar-refractivity contribution >= 4 is 51.8 Å². The van der Waals surface area contributed by atoms with Gasteiger partial charge in [0.25, 0.3) is 0 Å². The molecule has 4 aromatic rings. The molecule has 0 saturated carbocycles. The molecule has 4 heterocycles. The zero-order chi connectivity index (χ0) is 37.6. The lowest BCUT2D eigenvalue weighted by atomic mass is 9.95. The number of piperidine rings is 2. The molecule has 0 spiro atoms. The lowest BCUT2D eigenvalue weighted by Gasteiger charge is -2.30. The standard InChI is InChI=1S/C20H24N2O4S.C20H23NO4S.CH4/c1-2-25-19(23)16-12-17(27-18(16)21)15-8-10-22(11-9-15)20(24)26-13-14-6-4-3-5-7-14;1-2-24-19(22)17-12-18(26-14-17)16-8-10-21(11-9-16)20(23)25-13-15-6-4-3-5-7-15;/h3-7,12,15H,2,8-11,13,21H2,1H3;3-7,12,14,16H,2,8-11,13H2,1H3;1H4. The van der Waals surface area contributed by atoms with Gasteiger partial charge in [0.15, 0.2) is 0 Å². The van der Waals surface area contributed by atoms with E-state index >= 15 is 0 Å². The number of nitrogens with two attached hydrogens (primary N) is 1. The number of hydrogen-bond donors (Lipinski definition) is 1. The summed E-state index contributed by atoms with van der Waals surface area (Å²) in [6.45, 7) is 7.47. The third-order valence-corrected chi connectivity index (χ3v) is 11.3. The monoisotopic (exact) mass is 777 g/mol. The smallest absolute Gasteiger partial charge is 0.410 e. The van der Waals surface area contributed by atoms with Crippen LogP contribution in [0.2, 0.25) is 0 Å². The maximum absolute atomic E-state index is 12.3. The summed E-state index contributed by atoms with van der Waals surface area (Å²) in [4.78, 5) is 54.0. The van der Waals surface area contributed by atoms with Crippen LogP contribution >= 0.6 is 22.7 Å². The molecule has 0 bridgehead atoms. The van der Waals surface area contributed by atoms with Gasteiger partial charge in [0.05, 0.1) is 24.3 Å². The number of amides is 2. The highest BCUT2D eigenvalue weighted by Gasteiger charge is 2.28. The minimum Gasteiger partial charge on any atom is -0.462 e. The van der Waals surface area contributed by atoms with Crippen LogP contribution in [-0.2, 0) is 32.2 Å². The average molecular weight is 778 g/mol. The summed E-state index contributed by atoms with van der Waals surface area (Å²) < 4.78 is 20.9. The van der Waals surface area contributed by atoms with Gasteiger partial charge in [-0.05, 0) is 74.6 Å². The first kappa shape index (κ1) is 41.9. The number of esters is 2. The molecule has 0 unspecified atom stereocenters. The van der Waals surface area contributed by atoms with Gasteiger partial charge >= 0.3 is 24.1 Å². The van der Waals surface area contributed by atoms with Gasteiger partial charge in [0.1, 0.15) is 18.2 Å². The number of ether oxygens (including phenoxy) is 4. The van der Waals surface area contributed by atoms with Crippen LogP contribution in [0.25, 0.3) is 0 Å². The Bertz CT molecular complexity index is 1780. The molecule has 2 aromatic heterocycles. The molecular weight excluding hydrogens is 727 g/mol. The second kappa shape index (κ2) is 21.1. The van der Waals surface area contributed by atoms with Crippen molar-refractivity contribution in [3.8, 4) is 0 Å². The Balaban J connectivity index is 0.000000236. The fraction of sp³-hybridized carbons (Fsp3) is 0.415. The van der Waals surface area contributed by atoms with Gasteiger partial charge in [-0.3, -0.25) is 0 Å². The largest absolute Gasteiger partial charge is 0.462 e. The number of benzene rings is 2. The Kier molecular flexibility index (Phi) is 16.4. The number of thiophene rings is 2. The summed E-state index contributed by atoms with van der Waals surface area (Å²) in [7, 11) is 0. The molecule has 0 atom stereocenters. The van der Waals surface area contributed by atoms with Crippen molar-refractivity contribution in [3.63, 3.8) is 0 Å². The van der Waals surface area contributed by atoms with E-state index in [0.29, 0.717) is 74.0 Å². The normalized spacial score (nSPS) is 14.6. The van der Waals surface area contributed by atoms with E-state index in [4.69, 9.17) is 24.7 Å². The molecule has 0 aliphatic carbocycles. The number of hydrogen-bond acceptors (Lipinski definition) is 11. The lowest BCUT2D eigenvalue weighted by molar-refractivity contribution is 0.0518. The highest BCUT2D eigenvalue weighted by Crippen LogP contribution is 2.37. The van der Waals surface area contributed by atoms with E-state index in [9.17, 15) is 19.2 Å². The molecule has 2 aliphatic heterocycles. The van der Waals surface area contributed by atoms with Gasteiger partial charge in [-0.2, -0.15) is 0 Å². The van der Waals surface area contributed by atoms with E-state index in [0.717, 1.165) is 41.7 Å². The van der Waals surface area contributed by atoms with Crippen LogP contribution in [0.4, 0.5) is 14.6 Å². The van der Waals surface area contributed by atoms with Gasteiger partial charge in [0.2, 0.25) is 0 Å². The third-order valence-electron chi connectivity index (χ3n) is 9.13. The zero-order valence-corrected chi connectivity index (χ0v) is 31.8. The van der Waals surface area contributed by atoms with Crippen LogP contribution in [0.3, 0.4) is 0 Å². The van der Waals surface area contributed by atoms with Crippen molar-refractivity contribution in [1.82, 2.24) is 9.80 Å². The van der Waals surface area contributed by atoms with Crippen molar-refractivity contribution < 1.29 is 38.1 Å². The van der Waals surface area contributed by atoms with Crippen LogP contribution in [0, 0.1) is 0 Å². The van der Waals surface area contributed by atoms with E-state index in [1.807, 2.05) is 78.2 Å². The maximum Gasteiger partial charge on any atom is 0.410 e. The third kappa shape index (κ3) is 11.8. The minimum absolute atomic E-state index is 0. The first-order chi connectivity index (χ1) is 25.7. The molecule has 13 heteroatoms. The van der Waals surface area contributed by atoms with E-state index in [2.05, 4.69) is 0 Å². The van der Waals surface area contributed by atoms with Gasteiger partial charge in [-0.15, -0.1) is 22.7 Å². The fourth-order valence-corrected chi connectivity index (χ4v) is 8.33. The summed E-state index contributed by atoms with van der Waals surface area (Å²) in [5.41, 5.74) is 9.01. The number of rotatable bonds is 10. The number of likely N-dealkylation sites (tertiary alicyclic amines) is 2. The Morgan fingerprint density at radius 3 is 1.61 bits per heavy atom. The second-order valence-corrected chi connectivity index (χ2v) is 14.8.